The predicted octanol–water partition coefficient (Wildman–Crippen LogP) is 3.25. The lowest BCUT2D eigenvalue weighted by molar-refractivity contribution is -0.153. The molecule has 1 fully saturated rings. The van der Waals surface area contributed by atoms with Crippen LogP contribution in [0, 0.1) is 5.92 Å². The summed E-state index contributed by atoms with van der Waals surface area (Å²) in [5, 5.41) is 2.72. The largest absolute Gasteiger partial charge is 0.493 e. The normalized spacial score (nSPS) is 19.9. The number of guanidine groups is 1. The molecular formula is C26H29F3N4O5. The summed E-state index contributed by atoms with van der Waals surface area (Å²) in [6.07, 6.45) is -4.42. The van der Waals surface area contributed by atoms with Gasteiger partial charge in [0.15, 0.2) is 17.4 Å². The Morgan fingerprint density at radius 1 is 1.03 bits per heavy atom. The summed E-state index contributed by atoms with van der Waals surface area (Å²) in [4.78, 5) is 34.3. The second-order valence-corrected chi connectivity index (χ2v) is 8.75. The Morgan fingerprint density at radius 2 is 1.71 bits per heavy atom. The highest BCUT2D eigenvalue weighted by Crippen LogP contribution is 2.37. The topological polar surface area (TPSA) is 92.7 Å². The van der Waals surface area contributed by atoms with Gasteiger partial charge in [0.1, 0.15) is 6.04 Å². The van der Waals surface area contributed by atoms with Gasteiger partial charge in [0, 0.05) is 31.9 Å². The molecule has 1 amide bonds. The van der Waals surface area contributed by atoms with Gasteiger partial charge in [-0.1, -0.05) is 12.1 Å². The monoisotopic (exact) mass is 534 g/mol. The lowest BCUT2D eigenvalue weighted by Gasteiger charge is -2.39. The Balaban J connectivity index is 1.58. The molecule has 1 N–H and O–H groups in total. The molecule has 0 radical (unpaired) electrons. The molecule has 2 atom stereocenters. The number of esters is 1. The summed E-state index contributed by atoms with van der Waals surface area (Å²) in [5.41, 5.74) is 0.333. The lowest BCUT2D eigenvalue weighted by Crippen LogP contribution is -2.57. The van der Waals surface area contributed by atoms with Gasteiger partial charge in [-0.15, -0.1) is 0 Å². The molecule has 2 heterocycles. The number of nitrogens with one attached hydrogen (secondary N) is 1. The Morgan fingerprint density at radius 3 is 2.34 bits per heavy atom. The Bertz CT molecular complexity index is 1210. The van der Waals surface area contributed by atoms with E-state index in [1.165, 1.54) is 20.3 Å². The van der Waals surface area contributed by atoms with Crippen LogP contribution < -0.4 is 19.7 Å². The minimum absolute atomic E-state index is 0.106. The number of methoxy groups -OCH3 is 2. The lowest BCUT2D eigenvalue weighted by atomic mass is 9.91. The van der Waals surface area contributed by atoms with Crippen LogP contribution in [0.3, 0.4) is 0 Å². The van der Waals surface area contributed by atoms with Crippen molar-refractivity contribution in [2.24, 2.45) is 10.9 Å². The van der Waals surface area contributed by atoms with Crippen LogP contribution in [0.15, 0.2) is 47.5 Å². The van der Waals surface area contributed by atoms with Crippen molar-refractivity contribution >= 4 is 23.5 Å². The van der Waals surface area contributed by atoms with Gasteiger partial charge in [0.2, 0.25) is 11.9 Å². The number of rotatable bonds is 6. The van der Waals surface area contributed by atoms with Gasteiger partial charge in [-0.3, -0.25) is 14.9 Å². The summed E-state index contributed by atoms with van der Waals surface area (Å²) in [6.45, 7) is 3.39. The first-order valence-corrected chi connectivity index (χ1v) is 12.1. The van der Waals surface area contributed by atoms with E-state index in [2.05, 4.69) is 5.32 Å². The summed E-state index contributed by atoms with van der Waals surface area (Å²) >= 11 is 0. The first-order valence-electron chi connectivity index (χ1n) is 12.1. The summed E-state index contributed by atoms with van der Waals surface area (Å²) in [5.74, 6) is -1.25. The number of anilines is 1. The molecule has 2 aliphatic heterocycles. The van der Waals surface area contributed by atoms with Crippen LogP contribution in [0.25, 0.3) is 0 Å². The number of ether oxygens (including phenoxy) is 3. The molecule has 12 heteroatoms. The fourth-order valence-corrected chi connectivity index (χ4v) is 4.56. The zero-order valence-electron chi connectivity index (χ0n) is 21.2. The average molecular weight is 535 g/mol. The number of nitrogens with zero attached hydrogens (tertiary/aromatic N) is 3. The zero-order chi connectivity index (χ0) is 27.4. The number of carbonyl (C=O) groups excluding carboxylic acids is 2. The highest BCUT2D eigenvalue weighted by molar-refractivity contribution is 6.08. The van der Waals surface area contributed by atoms with Gasteiger partial charge in [0.25, 0.3) is 0 Å². The van der Waals surface area contributed by atoms with Crippen LogP contribution in [-0.2, 0) is 20.5 Å². The molecule has 38 heavy (non-hydrogen) atoms. The number of halogens is 3. The maximum atomic E-state index is 13.1. The van der Waals surface area contributed by atoms with Crippen LogP contribution in [-0.4, -0.2) is 69.7 Å². The molecule has 0 aliphatic carbocycles. The first kappa shape index (κ1) is 27.1. The highest BCUT2D eigenvalue weighted by Gasteiger charge is 2.42. The second-order valence-electron chi connectivity index (χ2n) is 8.75. The molecule has 0 bridgehead atoms. The van der Waals surface area contributed by atoms with Gasteiger partial charge in [-0.05, 0) is 42.8 Å². The van der Waals surface area contributed by atoms with Crippen LogP contribution in [0.2, 0.25) is 0 Å². The van der Waals surface area contributed by atoms with Gasteiger partial charge in [-0.25, -0.2) is 4.99 Å². The van der Waals surface area contributed by atoms with Crippen LogP contribution in [0.4, 0.5) is 18.9 Å². The van der Waals surface area contributed by atoms with Crippen LogP contribution >= 0.6 is 0 Å². The van der Waals surface area contributed by atoms with E-state index in [-0.39, 0.29) is 6.61 Å². The van der Waals surface area contributed by atoms with E-state index in [4.69, 9.17) is 19.2 Å². The number of hydrogen-bond donors (Lipinski definition) is 1. The van der Waals surface area contributed by atoms with Crippen molar-refractivity contribution in [3.63, 3.8) is 0 Å². The molecule has 0 spiro atoms. The SMILES string of the molecule is CCOC(=O)[C@@H]1C(=O)NC(N2CCN(c3cccc(C(F)(F)F)c3)CC2)=N[C@@H]1c1ccc(OC)c(OC)c1. The number of piperazine rings is 1. The van der Waals surface area contributed by atoms with E-state index in [1.807, 2.05) is 9.80 Å². The van der Waals surface area contributed by atoms with E-state index in [0.29, 0.717) is 54.9 Å². The molecule has 0 unspecified atom stereocenters. The maximum absolute atomic E-state index is 13.1. The van der Waals surface area contributed by atoms with E-state index in [1.54, 1.807) is 31.2 Å². The molecule has 0 aromatic heterocycles. The number of alkyl halides is 3. The van der Waals surface area contributed by atoms with E-state index in [0.717, 1.165) is 12.1 Å². The second kappa shape index (κ2) is 11.2. The third kappa shape index (κ3) is 5.63. The van der Waals surface area contributed by atoms with Crippen molar-refractivity contribution in [1.29, 1.82) is 0 Å². The third-order valence-electron chi connectivity index (χ3n) is 6.50. The van der Waals surface area contributed by atoms with Gasteiger partial charge >= 0.3 is 12.1 Å². The number of amides is 1. The average Bonchev–Trinajstić information content (AvgIpc) is 2.92. The van der Waals surface area contributed by atoms with E-state index < -0.39 is 35.6 Å². The number of aliphatic imine (C=N–C) groups is 1. The van der Waals surface area contributed by atoms with Gasteiger partial charge in [0.05, 0.1) is 26.4 Å². The molecule has 204 valence electrons. The minimum Gasteiger partial charge on any atom is -0.493 e. The molecule has 2 aromatic rings. The van der Waals surface area contributed by atoms with Crippen LogP contribution in [0.5, 0.6) is 11.5 Å². The molecule has 2 aromatic carbocycles. The fraction of sp³-hybridized carbons (Fsp3) is 0.423. The van der Waals surface area contributed by atoms with E-state index >= 15 is 0 Å². The van der Waals surface area contributed by atoms with Gasteiger partial charge in [-0.2, -0.15) is 13.2 Å². The highest BCUT2D eigenvalue weighted by atomic mass is 19.4. The molecule has 0 saturated carbocycles. The number of carbonyl (C=O) groups is 2. The zero-order valence-corrected chi connectivity index (χ0v) is 21.2. The molecule has 1 saturated heterocycles. The summed E-state index contributed by atoms with van der Waals surface area (Å²) in [7, 11) is 2.99. The third-order valence-corrected chi connectivity index (χ3v) is 6.50. The standard InChI is InChI=1S/C26H29F3N4O5/c1-4-38-24(35)21-22(16-8-9-19(36-2)20(14-16)37-3)30-25(31-23(21)34)33-12-10-32(11-13-33)18-7-5-6-17(15-18)26(27,28)29/h5-9,14-15,21-22H,4,10-13H2,1-3H3,(H,30,31,34)/t21-,22+/m0/s1. The van der Waals surface area contributed by atoms with Crippen LogP contribution in [0.1, 0.15) is 24.1 Å². The molecule has 4 rings (SSSR count). The quantitative estimate of drug-likeness (QED) is 0.449. The molecular weight excluding hydrogens is 505 g/mol. The predicted molar refractivity (Wildman–Crippen MR) is 133 cm³/mol. The number of benzene rings is 2. The van der Waals surface area contributed by atoms with Crippen molar-refractivity contribution in [1.82, 2.24) is 10.2 Å². The summed E-state index contributed by atoms with van der Waals surface area (Å²) in [6, 6.07) is 9.38. The van der Waals surface area contributed by atoms with E-state index in [9.17, 15) is 22.8 Å². The summed E-state index contributed by atoms with van der Waals surface area (Å²) < 4.78 is 55.3. The fourth-order valence-electron chi connectivity index (χ4n) is 4.56. The molecule has 2 aliphatic rings. The first-order chi connectivity index (χ1) is 18.2. The molecule has 9 nitrogen and oxygen atoms in total. The Hall–Kier alpha value is -3.96. The number of hydrogen-bond acceptors (Lipinski definition) is 8. The van der Waals surface area contributed by atoms with Gasteiger partial charge < -0.3 is 24.0 Å². The maximum Gasteiger partial charge on any atom is 0.416 e. The Kier molecular flexibility index (Phi) is 7.98. The Labute approximate surface area is 218 Å². The van der Waals surface area contributed by atoms with Crippen molar-refractivity contribution in [3.05, 3.63) is 53.6 Å². The van der Waals surface area contributed by atoms with Crippen molar-refractivity contribution < 1.29 is 37.0 Å². The smallest absolute Gasteiger partial charge is 0.416 e. The minimum atomic E-state index is -4.42. The van der Waals surface area contributed by atoms with Crippen molar-refractivity contribution in [2.75, 3.05) is 51.9 Å². The van der Waals surface area contributed by atoms with Crippen molar-refractivity contribution in [3.8, 4) is 11.5 Å². The van der Waals surface area contributed by atoms with Crippen molar-refractivity contribution in [2.45, 2.75) is 19.1 Å².